The van der Waals surface area contributed by atoms with Crippen molar-refractivity contribution in [1.29, 1.82) is 0 Å². The molecule has 0 aliphatic carbocycles. The number of nitrogens with zero attached hydrogens (tertiary/aromatic N) is 4. The molecule has 20 aromatic carbocycles. The van der Waals surface area contributed by atoms with Gasteiger partial charge in [0.05, 0.1) is 33.1 Å². The molecule has 0 fully saturated rings. The molecule has 0 amide bonds. The second-order valence-corrected chi connectivity index (χ2v) is 35.2. The third-order valence-electron chi connectivity index (χ3n) is 28.4. The van der Waals surface area contributed by atoms with Crippen molar-refractivity contribution in [1.82, 2.24) is 18.1 Å². The van der Waals surface area contributed by atoms with E-state index in [9.17, 15) is 0 Å². The molecule has 0 unspecified atom stereocenters. The Bertz CT molecular complexity index is 8090. The summed E-state index contributed by atoms with van der Waals surface area (Å²) in [5.41, 5.74) is 50.6. The van der Waals surface area contributed by atoms with Crippen molar-refractivity contribution in [2.45, 2.75) is 0 Å². The van der Waals surface area contributed by atoms with Crippen molar-refractivity contribution >= 4 is 112 Å². The fourth-order valence-electron chi connectivity index (χ4n) is 23.0. The topological polar surface area (TPSA) is 19.7 Å². The van der Waals surface area contributed by atoms with Crippen molar-refractivity contribution in [3.05, 3.63) is 449 Å². The molecule has 6 heteroatoms. The minimum Gasteiger partial charge on any atom is -0.374 e. The van der Waals surface area contributed by atoms with Crippen LogP contribution in [0.1, 0.15) is 0 Å². The molecular weight excluding hydrogens is 1540 g/mol. The molecule has 0 spiro atoms. The number of benzene rings is 20. The first-order chi connectivity index (χ1) is 63.5. The van der Waals surface area contributed by atoms with Crippen LogP contribution in [-0.2, 0) is 0 Å². The summed E-state index contributed by atoms with van der Waals surface area (Å²) in [5.74, 6) is 0. The molecule has 0 N–H and O–H groups in total. The van der Waals surface area contributed by atoms with Crippen LogP contribution in [0.2, 0.25) is 0 Å². The monoisotopic (exact) mass is 1620 g/mol. The standard InChI is InChI=1S/C122H74B2N4/c1-9-31-75(32-10-1)83-59-84(76-33-11-2-12-34-76)64-91(63-83)93-71-105(95-67-87(79-39-17-5-18-40-79)61-88(68-95)80-41-19-6-20-42-80)113-101-51-27-55-107-119(101)125(111(113)73-93)109-57-29-47-97-99-49-25-53-103-117(99)127(123(107)115(97)109)121-104-54-26-50-100-98-48-30-58-110-116(98)124(128(118(100)104)122(103)121)108-56-28-52-102-114-106(96-69-89(81-43-21-7-22-44-81)62-90(70-96)82-45-23-8-24-46-82)72-94(74-112(114)126(110)120(102)108)92-65-85(77-35-13-3-14-36-77)60-86(66-92)78-37-15-4-16-38-78/h1-74H. The summed E-state index contributed by atoms with van der Waals surface area (Å²) in [6.07, 6.45) is 0. The van der Waals surface area contributed by atoms with Crippen LogP contribution >= 0.6 is 0 Å². The number of para-hydroxylation sites is 4. The molecule has 4 nitrogen and oxygen atoms in total. The Hall–Kier alpha value is -16.5. The summed E-state index contributed by atoms with van der Waals surface area (Å²) in [5, 5.41) is 7.43. The van der Waals surface area contributed by atoms with Crippen LogP contribution in [0, 0.1) is 0 Å². The molecule has 28 rings (SSSR count). The zero-order valence-electron chi connectivity index (χ0n) is 69.7. The molecule has 0 saturated heterocycles. The van der Waals surface area contributed by atoms with Crippen LogP contribution in [0.3, 0.4) is 0 Å². The van der Waals surface area contributed by atoms with Gasteiger partial charge in [-0.3, -0.25) is 0 Å². The van der Waals surface area contributed by atoms with Crippen molar-refractivity contribution in [2.75, 3.05) is 0 Å². The Balaban J connectivity index is 0.703. The Morgan fingerprint density at radius 1 is 0.148 bits per heavy atom. The Labute approximate surface area is 740 Å². The minimum absolute atomic E-state index is 0.215. The van der Waals surface area contributed by atoms with E-state index in [0.717, 1.165) is 33.4 Å². The molecular formula is C122H74B2N4. The molecule has 128 heavy (non-hydrogen) atoms. The number of fused-ring (bicyclic) bond motifs is 19. The first kappa shape index (κ1) is 70.9. The summed E-state index contributed by atoms with van der Waals surface area (Å²) < 4.78 is 11.0. The summed E-state index contributed by atoms with van der Waals surface area (Å²) in [7, 11) is 0. The maximum absolute atomic E-state index is 2.83. The molecule has 0 bridgehead atoms. The molecule has 588 valence electrons. The van der Waals surface area contributed by atoms with Crippen molar-refractivity contribution in [2.24, 2.45) is 0 Å². The minimum atomic E-state index is -0.215. The van der Waals surface area contributed by atoms with Crippen molar-refractivity contribution < 1.29 is 0 Å². The summed E-state index contributed by atoms with van der Waals surface area (Å²) in [6, 6.07) is 170. The van der Waals surface area contributed by atoms with Crippen LogP contribution in [0.4, 0.5) is 0 Å². The smallest absolute Gasteiger partial charge is 0.333 e. The van der Waals surface area contributed by atoms with Gasteiger partial charge < -0.3 is 18.1 Å². The highest BCUT2D eigenvalue weighted by Crippen LogP contribution is 2.54. The lowest BCUT2D eigenvalue weighted by molar-refractivity contribution is 1.17. The first-order valence-corrected chi connectivity index (χ1v) is 44.6. The third kappa shape index (κ3) is 10.4. The molecule has 24 aromatic rings. The normalized spacial score (nSPS) is 12.5. The predicted molar refractivity (Wildman–Crippen MR) is 541 cm³/mol. The number of hydrogen-bond donors (Lipinski definition) is 0. The lowest BCUT2D eigenvalue weighted by Crippen LogP contribution is -2.55. The average molecular weight is 1620 g/mol. The Morgan fingerprint density at radius 3 is 0.672 bits per heavy atom. The molecule has 0 saturated carbocycles. The quantitative estimate of drug-likeness (QED) is 0.109. The number of hydrogen-bond acceptors (Lipinski definition) is 0. The lowest BCUT2D eigenvalue weighted by Gasteiger charge is -2.34. The van der Waals surface area contributed by atoms with Gasteiger partial charge >= 0.3 is 13.7 Å². The molecule has 0 radical (unpaired) electrons. The Kier molecular flexibility index (Phi) is 15.2. The highest BCUT2D eigenvalue weighted by Gasteiger charge is 2.47. The number of aromatic nitrogens is 4. The van der Waals surface area contributed by atoms with E-state index in [1.165, 1.54) is 232 Å². The highest BCUT2D eigenvalue weighted by molar-refractivity contribution is 6.92. The van der Waals surface area contributed by atoms with Crippen molar-refractivity contribution in [3.63, 3.8) is 0 Å². The van der Waals surface area contributed by atoms with Gasteiger partial charge in [-0.05, 0) is 276 Å². The Morgan fingerprint density at radius 2 is 0.383 bits per heavy atom. The van der Waals surface area contributed by atoms with Gasteiger partial charge in [0.2, 0.25) is 0 Å². The second-order valence-electron chi connectivity index (χ2n) is 35.2. The first-order valence-electron chi connectivity index (χ1n) is 44.6. The van der Waals surface area contributed by atoms with Crippen LogP contribution in [0.5, 0.6) is 0 Å². The molecule has 4 aliphatic rings. The van der Waals surface area contributed by atoms with E-state index in [-0.39, 0.29) is 13.7 Å². The molecule has 0 atom stereocenters. The SMILES string of the molecule is c1ccc(-c2cc(-c3ccccc3)cc(-c3cc(-c4cc(-c5ccccc5)cc(-c5ccccc5)c4)c4c5cccc6c5n(c4c3)-c3cccc4c3B6n3c5c-4cccc5c4c3c3cccc5c3n4B3c4c-5cccc4-n4c5cc(-c6cc(-c7ccccc7)cc(-c7ccccc7)c6)cc(-c6cc(-c7ccccc7)cc(-c7ccccc7)c6)c5c5cccc3c54)c2)cc1. The summed E-state index contributed by atoms with van der Waals surface area (Å²) >= 11 is 0. The van der Waals surface area contributed by atoms with E-state index in [4.69, 9.17) is 0 Å². The van der Waals surface area contributed by atoms with Gasteiger partial charge in [0.25, 0.3) is 0 Å². The van der Waals surface area contributed by atoms with Crippen LogP contribution < -0.4 is 21.9 Å². The van der Waals surface area contributed by atoms with E-state index >= 15 is 0 Å². The molecule has 8 heterocycles. The average Bonchev–Trinajstić information content (AvgIpc) is 1.48. The van der Waals surface area contributed by atoms with E-state index in [1.54, 1.807) is 0 Å². The van der Waals surface area contributed by atoms with Gasteiger partial charge in [-0.1, -0.05) is 340 Å². The largest absolute Gasteiger partial charge is 0.374 e. The summed E-state index contributed by atoms with van der Waals surface area (Å²) in [6.45, 7) is -0.430. The van der Waals surface area contributed by atoms with Gasteiger partial charge in [-0.15, -0.1) is 0 Å². The van der Waals surface area contributed by atoms with E-state index in [0.29, 0.717) is 0 Å². The predicted octanol–water partition coefficient (Wildman–Crippen LogP) is 28.8. The third-order valence-corrected chi connectivity index (χ3v) is 28.4. The van der Waals surface area contributed by atoms with E-state index in [1.807, 2.05) is 0 Å². The lowest BCUT2D eigenvalue weighted by atomic mass is 9.45. The fourth-order valence-corrected chi connectivity index (χ4v) is 23.0. The van der Waals surface area contributed by atoms with E-state index < -0.39 is 0 Å². The van der Waals surface area contributed by atoms with Crippen LogP contribution in [-0.4, -0.2) is 31.8 Å². The molecule has 4 aromatic heterocycles. The van der Waals surface area contributed by atoms with Crippen molar-refractivity contribution in [3.8, 4) is 167 Å². The van der Waals surface area contributed by atoms with Crippen LogP contribution in [0.15, 0.2) is 449 Å². The van der Waals surface area contributed by atoms with Gasteiger partial charge in [0.1, 0.15) is 0 Å². The maximum Gasteiger partial charge on any atom is 0.333 e. The van der Waals surface area contributed by atoms with Gasteiger partial charge in [-0.25, -0.2) is 0 Å². The van der Waals surface area contributed by atoms with Crippen LogP contribution in [0.25, 0.3) is 244 Å². The summed E-state index contributed by atoms with van der Waals surface area (Å²) in [4.78, 5) is 0. The zero-order valence-corrected chi connectivity index (χ0v) is 69.7. The maximum atomic E-state index is 2.83. The van der Waals surface area contributed by atoms with Gasteiger partial charge in [-0.2, -0.15) is 0 Å². The van der Waals surface area contributed by atoms with Gasteiger partial charge in [0.15, 0.2) is 0 Å². The van der Waals surface area contributed by atoms with Gasteiger partial charge in [0, 0.05) is 65.9 Å². The molecule has 4 aliphatic heterocycles. The zero-order chi connectivity index (χ0) is 83.5. The fraction of sp³-hybridized carbons (Fsp3) is 0. The number of rotatable bonds is 12. The second kappa shape index (κ2) is 27.5. The van der Waals surface area contributed by atoms with E-state index in [2.05, 4.69) is 467 Å². The highest BCUT2D eigenvalue weighted by atomic mass is 15.1.